The summed E-state index contributed by atoms with van der Waals surface area (Å²) in [7, 11) is 0. The van der Waals surface area contributed by atoms with Crippen LogP contribution in [-0.2, 0) is 25.6 Å². The van der Waals surface area contributed by atoms with Gasteiger partial charge in [-0.05, 0) is 25.5 Å². The van der Waals surface area contributed by atoms with E-state index in [4.69, 9.17) is 14.2 Å². The molecule has 0 unspecified atom stereocenters. The molecule has 1 aromatic carbocycles. The van der Waals surface area contributed by atoms with Gasteiger partial charge in [0.1, 0.15) is 12.2 Å². The van der Waals surface area contributed by atoms with E-state index in [0.717, 1.165) is 5.56 Å². The van der Waals surface area contributed by atoms with E-state index in [9.17, 15) is 4.79 Å². The fraction of sp³-hybridized carbons (Fsp3) is 0.438. The van der Waals surface area contributed by atoms with Crippen molar-refractivity contribution >= 4 is 5.97 Å². The molecular weight excluding hydrogens is 256 g/mol. The Balaban J connectivity index is 1.68. The van der Waals surface area contributed by atoms with E-state index in [1.54, 1.807) is 19.9 Å². The maximum Gasteiger partial charge on any atom is 0.333 e. The molecule has 1 saturated heterocycles. The zero-order valence-corrected chi connectivity index (χ0v) is 11.9. The lowest BCUT2D eigenvalue weighted by Crippen LogP contribution is -2.08. The predicted molar refractivity (Wildman–Crippen MR) is 75.1 cm³/mol. The first-order valence-corrected chi connectivity index (χ1v) is 6.83. The number of benzene rings is 1. The largest absolute Gasteiger partial charge is 0.463 e. The second-order valence-electron chi connectivity index (χ2n) is 4.71. The molecule has 4 heteroatoms. The van der Waals surface area contributed by atoms with Crippen LogP contribution >= 0.6 is 0 Å². The van der Waals surface area contributed by atoms with E-state index in [2.05, 4.69) is 0 Å². The van der Waals surface area contributed by atoms with Crippen molar-refractivity contribution in [2.45, 2.75) is 32.7 Å². The summed E-state index contributed by atoms with van der Waals surface area (Å²) in [5, 5.41) is 0. The van der Waals surface area contributed by atoms with Crippen molar-refractivity contribution in [3.05, 3.63) is 47.5 Å². The van der Waals surface area contributed by atoms with Crippen molar-refractivity contribution in [2.75, 3.05) is 13.2 Å². The van der Waals surface area contributed by atoms with Gasteiger partial charge in [-0.25, -0.2) is 4.79 Å². The fourth-order valence-corrected chi connectivity index (χ4v) is 1.86. The summed E-state index contributed by atoms with van der Waals surface area (Å²) in [5.74, 6) is -0.285. The van der Waals surface area contributed by atoms with Gasteiger partial charge >= 0.3 is 5.97 Å². The van der Waals surface area contributed by atoms with Crippen molar-refractivity contribution < 1.29 is 19.0 Å². The molecule has 108 valence electrons. The lowest BCUT2D eigenvalue weighted by Gasteiger charge is -2.02. The summed E-state index contributed by atoms with van der Waals surface area (Å²) in [6, 6.07) is 10.00. The van der Waals surface area contributed by atoms with Crippen LogP contribution in [0.4, 0.5) is 0 Å². The van der Waals surface area contributed by atoms with Crippen LogP contribution in [0.5, 0.6) is 0 Å². The molecule has 0 aromatic heterocycles. The Morgan fingerprint density at radius 3 is 2.80 bits per heavy atom. The van der Waals surface area contributed by atoms with Gasteiger partial charge in [-0.2, -0.15) is 0 Å². The third kappa shape index (κ3) is 4.47. The first-order valence-electron chi connectivity index (χ1n) is 6.83. The Hall–Kier alpha value is -1.65. The molecule has 1 aliphatic heterocycles. The maximum atomic E-state index is 11.4. The topological polar surface area (TPSA) is 48.1 Å². The Labute approximate surface area is 119 Å². The standard InChI is InChI=1S/C16H20O4/c1-3-19-16(17)12(2)9-14-15(20-14)11-18-10-13-7-5-4-6-8-13/h4-9,14-15H,3,10-11H2,1-2H3/b12-9+/t14-,15-/m1/s1. The second kappa shape index (κ2) is 7.22. The molecule has 0 N–H and O–H groups in total. The van der Waals surface area contributed by atoms with Gasteiger partial charge in [0.2, 0.25) is 0 Å². The fourth-order valence-electron chi connectivity index (χ4n) is 1.86. The number of carbonyl (C=O) groups is 1. The molecule has 1 aliphatic rings. The molecule has 0 bridgehead atoms. The van der Waals surface area contributed by atoms with Crippen LogP contribution in [0.25, 0.3) is 0 Å². The van der Waals surface area contributed by atoms with Crippen LogP contribution in [0.1, 0.15) is 19.4 Å². The van der Waals surface area contributed by atoms with Crippen LogP contribution in [-0.4, -0.2) is 31.4 Å². The Morgan fingerprint density at radius 2 is 2.10 bits per heavy atom. The first-order chi connectivity index (χ1) is 9.70. The summed E-state index contributed by atoms with van der Waals surface area (Å²) in [6.07, 6.45) is 1.81. The monoisotopic (exact) mass is 276 g/mol. The molecule has 0 amide bonds. The van der Waals surface area contributed by atoms with Gasteiger partial charge in [0.05, 0.1) is 19.8 Å². The highest BCUT2D eigenvalue weighted by Gasteiger charge is 2.37. The average Bonchev–Trinajstić information content (AvgIpc) is 3.18. The number of hydrogen-bond acceptors (Lipinski definition) is 4. The zero-order valence-electron chi connectivity index (χ0n) is 11.9. The van der Waals surface area contributed by atoms with E-state index >= 15 is 0 Å². The van der Waals surface area contributed by atoms with Crippen molar-refractivity contribution in [1.82, 2.24) is 0 Å². The van der Waals surface area contributed by atoms with E-state index in [0.29, 0.717) is 25.4 Å². The van der Waals surface area contributed by atoms with Gasteiger partial charge < -0.3 is 14.2 Å². The third-order valence-electron chi connectivity index (χ3n) is 3.03. The van der Waals surface area contributed by atoms with Crippen LogP contribution in [0, 0.1) is 0 Å². The highest BCUT2D eigenvalue weighted by atomic mass is 16.6. The average molecular weight is 276 g/mol. The van der Waals surface area contributed by atoms with Crippen molar-refractivity contribution in [2.24, 2.45) is 0 Å². The highest BCUT2D eigenvalue weighted by Crippen LogP contribution is 2.25. The lowest BCUT2D eigenvalue weighted by atomic mass is 10.2. The summed E-state index contributed by atoms with van der Waals surface area (Å²) in [6.45, 7) is 5.03. The van der Waals surface area contributed by atoms with Gasteiger partial charge in [-0.3, -0.25) is 0 Å². The molecule has 1 heterocycles. The molecule has 1 fully saturated rings. The molecule has 0 spiro atoms. The summed E-state index contributed by atoms with van der Waals surface area (Å²) >= 11 is 0. The van der Waals surface area contributed by atoms with E-state index in [1.807, 2.05) is 30.3 Å². The number of epoxide rings is 1. The lowest BCUT2D eigenvalue weighted by molar-refractivity contribution is -0.138. The smallest absolute Gasteiger partial charge is 0.333 e. The third-order valence-corrected chi connectivity index (χ3v) is 3.03. The molecule has 0 saturated carbocycles. The van der Waals surface area contributed by atoms with Gasteiger partial charge in [0.25, 0.3) is 0 Å². The number of esters is 1. The van der Waals surface area contributed by atoms with E-state index in [1.165, 1.54) is 0 Å². The minimum absolute atomic E-state index is 0.0322. The van der Waals surface area contributed by atoms with Gasteiger partial charge in [0, 0.05) is 5.57 Å². The quantitative estimate of drug-likeness (QED) is 0.436. The maximum absolute atomic E-state index is 11.4. The number of hydrogen-bond donors (Lipinski definition) is 0. The van der Waals surface area contributed by atoms with Gasteiger partial charge in [-0.1, -0.05) is 30.3 Å². The second-order valence-corrected chi connectivity index (χ2v) is 4.71. The molecule has 2 atom stereocenters. The van der Waals surface area contributed by atoms with Crippen LogP contribution in [0.15, 0.2) is 42.0 Å². The van der Waals surface area contributed by atoms with Crippen LogP contribution < -0.4 is 0 Å². The summed E-state index contributed by atoms with van der Waals surface area (Å²) in [5.41, 5.74) is 1.73. The number of ether oxygens (including phenoxy) is 3. The Kier molecular flexibility index (Phi) is 5.32. The van der Waals surface area contributed by atoms with Crippen molar-refractivity contribution in [3.8, 4) is 0 Å². The zero-order chi connectivity index (χ0) is 14.4. The van der Waals surface area contributed by atoms with Crippen LogP contribution in [0.2, 0.25) is 0 Å². The SMILES string of the molecule is CCOC(=O)/C(C)=C/[C@H]1O[C@@H]1COCc1ccccc1. The molecule has 2 rings (SSSR count). The predicted octanol–water partition coefficient (Wildman–Crippen LogP) is 2.48. The molecule has 0 aliphatic carbocycles. The highest BCUT2D eigenvalue weighted by molar-refractivity contribution is 5.87. The minimum atomic E-state index is -0.285. The Morgan fingerprint density at radius 1 is 1.35 bits per heavy atom. The van der Waals surface area contributed by atoms with Crippen molar-refractivity contribution in [1.29, 1.82) is 0 Å². The van der Waals surface area contributed by atoms with Gasteiger partial charge in [-0.15, -0.1) is 0 Å². The Bertz CT molecular complexity index is 467. The minimum Gasteiger partial charge on any atom is -0.463 e. The van der Waals surface area contributed by atoms with Crippen LogP contribution in [0.3, 0.4) is 0 Å². The molecule has 20 heavy (non-hydrogen) atoms. The first kappa shape index (κ1) is 14.8. The molecule has 0 radical (unpaired) electrons. The number of carbonyl (C=O) groups excluding carboxylic acids is 1. The normalized spacial score (nSPS) is 21.6. The molecule has 1 aromatic rings. The van der Waals surface area contributed by atoms with E-state index < -0.39 is 0 Å². The van der Waals surface area contributed by atoms with Gasteiger partial charge in [0.15, 0.2) is 0 Å². The number of rotatable bonds is 7. The van der Waals surface area contributed by atoms with E-state index in [-0.39, 0.29) is 18.2 Å². The summed E-state index contributed by atoms with van der Waals surface area (Å²) in [4.78, 5) is 11.4. The molecule has 4 nitrogen and oxygen atoms in total. The molecular formula is C16H20O4. The van der Waals surface area contributed by atoms with Crippen molar-refractivity contribution in [3.63, 3.8) is 0 Å². The summed E-state index contributed by atoms with van der Waals surface area (Å²) < 4.78 is 16.0.